The van der Waals surface area contributed by atoms with Gasteiger partial charge in [-0.05, 0) is 48.5 Å². The topological polar surface area (TPSA) is 142 Å². The number of hydrogen-bond acceptors (Lipinski definition) is 7. The first-order chi connectivity index (χ1) is 13.4. The number of rotatable bonds is 6. The molecule has 0 saturated heterocycles. The molecule has 9 heteroatoms. The van der Waals surface area contributed by atoms with Crippen LogP contribution in [0.2, 0.25) is 0 Å². The summed E-state index contributed by atoms with van der Waals surface area (Å²) in [6.07, 6.45) is 1.36. The van der Waals surface area contributed by atoms with Gasteiger partial charge in [0, 0.05) is 24.0 Å². The van der Waals surface area contributed by atoms with Gasteiger partial charge in [-0.1, -0.05) is 0 Å². The Bertz CT molecular complexity index is 1000. The molecule has 6 N–H and O–H groups in total. The van der Waals surface area contributed by atoms with Crippen molar-refractivity contribution in [2.24, 2.45) is 0 Å². The summed E-state index contributed by atoms with van der Waals surface area (Å²) in [4.78, 5) is 30.3. The molecule has 3 aromatic rings. The summed E-state index contributed by atoms with van der Waals surface area (Å²) in [5.74, 6) is -0.348. The van der Waals surface area contributed by atoms with Crippen molar-refractivity contribution in [2.45, 2.75) is 6.92 Å². The molecule has 0 bridgehead atoms. The zero-order chi connectivity index (χ0) is 20.1. The molecule has 3 rings (SSSR count). The number of nitrogen functional groups attached to an aromatic ring is 1. The first-order valence-corrected chi connectivity index (χ1v) is 8.28. The lowest BCUT2D eigenvalue weighted by molar-refractivity contribution is -0.114. The third-order valence-electron chi connectivity index (χ3n) is 3.75. The number of carbonyl (C=O) groups is 2. The molecule has 0 atom stereocenters. The van der Waals surface area contributed by atoms with E-state index in [2.05, 4.69) is 25.9 Å². The Morgan fingerprint density at radius 1 is 0.857 bits per heavy atom. The quantitative estimate of drug-likeness (QED) is 0.440. The molecule has 2 aromatic carbocycles. The van der Waals surface area contributed by atoms with Gasteiger partial charge in [0.25, 0.3) is 0 Å². The standard InChI is InChI=1S/C19H18N6O3/c1-11(26)23-13-6-8-15(9-7-13)25-18-16(20)17(21-10-22-18)24-14-4-2-12(3-5-14)19(27)28/h2-10H,20H2,1H3,(H,23,26)(H,27,28)(H2,21,22,24,25). The molecule has 1 aromatic heterocycles. The number of nitrogens with zero attached hydrogens (tertiary/aromatic N) is 2. The van der Waals surface area contributed by atoms with Crippen LogP contribution in [0.1, 0.15) is 17.3 Å². The van der Waals surface area contributed by atoms with Gasteiger partial charge >= 0.3 is 5.97 Å². The van der Waals surface area contributed by atoms with Crippen molar-refractivity contribution < 1.29 is 14.7 Å². The lowest BCUT2D eigenvalue weighted by Crippen LogP contribution is -2.06. The lowest BCUT2D eigenvalue weighted by Gasteiger charge is -2.13. The molecule has 0 aliphatic carbocycles. The van der Waals surface area contributed by atoms with Gasteiger partial charge in [-0.3, -0.25) is 4.79 Å². The highest BCUT2D eigenvalue weighted by molar-refractivity contribution is 5.89. The number of aromatic nitrogens is 2. The lowest BCUT2D eigenvalue weighted by atomic mass is 10.2. The molecule has 0 unspecified atom stereocenters. The minimum absolute atomic E-state index is 0.146. The molecular formula is C19H18N6O3. The van der Waals surface area contributed by atoms with Crippen LogP contribution in [0.3, 0.4) is 0 Å². The van der Waals surface area contributed by atoms with Crippen molar-refractivity contribution in [1.29, 1.82) is 0 Å². The molecule has 0 saturated carbocycles. The number of carbonyl (C=O) groups excluding carboxylic acids is 1. The van der Waals surface area contributed by atoms with Crippen LogP contribution in [0.5, 0.6) is 0 Å². The van der Waals surface area contributed by atoms with E-state index in [0.717, 1.165) is 5.69 Å². The Labute approximate surface area is 160 Å². The monoisotopic (exact) mass is 378 g/mol. The Morgan fingerprint density at radius 2 is 1.32 bits per heavy atom. The van der Waals surface area contributed by atoms with Crippen LogP contribution in [-0.4, -0.2) is 27.0 Å². The van der Waals surface area contributed by atoms with E-state index in [1.54, 1.807) is 36.4 Å². The maximum Gasteiger partial charge on any atom is 0.335 e. The number of aromatic carboxylic acids is 1. The summed E-state index contributed by atoms with van der Waals surface area (Å²) in [6, 6.07) is 13.3. The number of carboxylic acids is 1. The molecular weight excluding hydrogens is 360 g/mol. The van der Waals surface area contributed by atoms with Crippen molar-refractivity contribution >= 4 is 46.3 Å². The maximum absolute atomic E-state index is 11.1. The molecule has 0 spiro atoms. The van der Waals surface area contributed by atoms with Crippen molar-refractivity contribution in [3.05, 3.63) is 60.4 Å². The van der Waals surface area contributed by atoms with Crippen molar-refractivity contribution in [3.8, 4) is 0 Å². The van der Waals surface area contributed by atoms with E-state index in [-0.39, 0.29) is 11.5 Å². The number of nitrogens with one attached hydrogen (secondary N) is 3. The number of carboxylic acid groups (broad SMARTS) is 1. The zero-order valence-corrected chi connectivity index (χ0v) is 14.9. The number of anilines is 6. The summed E-state index contributed by atoms with van der Waals surface area (Å²) in [7, 11) is 0. The van der Waals surface area contributed by atoms with E-state index < -0.39 is 5.97 Å². The predicted octanol–water partition coefficient (Wildman–Crippen LogP) is 3.20. The van der Waals surface area contributed by atoms with Crippen LogP contribution >= 0.6 is 0 Å². The summed E-state index contributed by atoms with van der Waals surface area (Å²) < 4.78 is 0. The molecule has 1 amide bonds. The largest absolute Gasteiger partial charge is 0.478 e. The van der Waals surface area contributed by atoms with Gasteiger partial charge in [0.15, 0.2) is 11.6 Å². The highest BCUT2D eigenvalue weighted by Gasteiger charge is 2.10. The van der Waals surface area contributed by atoms with Gasteiger partial charge in [0.1, 0.15) is 12.0 Å². The zero-order valence-electron chi connectivity index (χ0n) is 14.9. The van der Waals surface area contributed by atoms with Crippen LogP contribution in [0, 0.1) is 0 Å². The second kappa shape index (κ2) is 8.04. The number of nitrogens with two attached hydrogens (primary N) is 1. The van der Waals surface area contributed by atoms with Crippen molar-refractivity contribution in [2.75, 3.05) is 21.7 Å². The highest BCUT2D eigenvalue weighted by Crippen LogP contribution is 2.28. The van der Waals surface area contributed by atoms with E-state index in [9.17, 15) is 9.59 Å². The Balaban J connectivity index is 1.75. The first kappa shape index (κ1) is 18.6. The van der Waals surface area contributed by atoms with E-state index >= 15 is 0 Å². The number of amides is 1. The van der Waals surface area contributed by atoms with Gasteiger partial charge < -0.3 is 26.8 Å². The molecule has 9 nitrogen and oxygen atoms in total. The minimum Gasteiger partial charge on any atom is -0.478 e. The Kier molecular flexibility index (Phi) is 5.35. The van der Waals surface area contributed by atoms with Crippen LogP contribution in [-0.2, 0) is 4.79 Å². The molecule has 0 aliphatic rings. The van der Waals surface area contributed by atoms with Gasteiger partial charge in [-0.25, -0.2) is 14.8 Å². The van der Waals surface area contributed by atoms with Gasteiger partial charge in [-0.15, -0.1) is 0 Å². The van der Waals surface area contributed by atoms with Crippen LogP contribution in [0.15, 0.2) is 54.9 Å². The number of hydrogen-bond donors (Lipinski definition) is 5. The molecule has 0 aliphatic heterocycles. The van der Waals surface area contributed by atoms with Gasteiger partial charge in [0.05, 0.1) is 5.56 Å². The average molecular weight is 378 g/mol. The van der Waals surface area contributed by atoms with Crippen LogP contribution < -0.4 is 21.7 Å². The summed E-state index contributed by atoms with van der Waals surface area (Å²) in [5.41, 5.74) is 8.69. The fourth-order valence-corrected chi connectivity index (χ4v) is 2.40. The molecule has 142 valence electrons. The smallest absolute Gasteiger partial charge is 0.335 e. The molecule has 28 heavy (non-hydrogen) atoms. The van der Waals surface area contributed by atoms with Crippen LogP contribution in [0.25, 0.3) is 0 Å². The fourth-order valence-electron chi connectivity index (χ4n) is 2.40. The molecule has 0 fully saturated rings. The van der Waals surface area contributed by atoms with Crippen molar-refractivity contribution in [3.63, 3.8) is 0 Å². The SMILES string of the molecule is CC(=O)Nc1ccc(Nc2ncnc(Nc3ccc(C(=O)O)cc3)c2N)cc1. The predicted molar refractivity (Wildman–Crippen MR) is 107 cm³/mol. The Hall–Kier alpha value is -4.14. The maximum atomic E-state index is 11.1. The van der Waals surface area contributed by atoms with Gasteiger partial charge in [0.2, 0.25) is 5.91 Å². The van der Waals surface area contributed by atoms with Crippen LogP contribution in [0.4, 0.5) is 34.4 Å². The fraction of sp³-hybridized carbons (Fsp3) is 0.0526. The summed E-state index contributed by atoms with van der Waals surface area (Å²) in [6.45, 7) is 1.44. The van der Waals surface area contributed by atoms with E-state index in [4.69, 9.17) is 10.8 Å². The van der Waals surface area contributed by atoms with Gasteiger partial charge in [-0.2, -0.15) is 0 Å². The number of benzene rings is 2. The summed E-state index contributed by atoms with van der Waals surface area (Å²) in [5, 5.41) is 17.8. The summed E-state index contributed by atoms with van der Waals surface area (Å²) >= 11 is 0. The molecule has 1 heterocycles. The third kappa shape index (κ3) is 4.52. The average Bonchev–Trinajstić information content (AvgIpc) is 2.66. The second-order valence-electron chi connectivity index (χ2n) is 5.88. The van der Waals surface area contributed by atoms with E-state index in [0.29, 0.717) is 28.7 Å². The normalized spacial score (nSPS) is 10.2. The van der Waals surface area contributed by atoms with E-state index in [1.165, 1.54) is 25.4 Å². The second-order valence-corrected chi connectivity index (χ2v) is 5.88. The Morgan fingerprint density at radius 3 is 1.79 bits per heavy atom. The first-order valence-electron chi connectivity index (χ1n) is 8.28. The highest BCUT2D eigenvalue weighted by atomic mass is 16.4. The van der Waals surface area contributed by atoms with Crippen molar-refractivity contribution in [1.82, 2.24) is 9.97 Å². The minimum atomic E-state index is -0.996. The third-order valence-corrected chi connectivity index (χ3v) is 3.75. The van der Waals surface area contributed by atoms with E-state index in [1.807, 2.05) is 0 Å². The molecule has 0 radical (unpaired) electrons.